The number of pyridine rings is 1. The molecule has 3 N–H and O–H groups in total. The average Bonchev–Trinajstić information content (AvgIpc) is 2.86. The maximum absolute atomic E-state index is 12.1. The van der Waals surface area contributed by atoms with Crippen LogP contribution in [0.15, 0.2) is 52.4 Å². The topological polar surface area (TPSA) is 114 Å². The SMILES string of the molecule is CN1CCC(c2nc(-c3ccncc3)[nH]c(=O)c2Cl)CC1.COc1ccc(SN)cc1C=O. The maximum atomic E-state index is 12.1. The minimum absolute atomic E-state index is 0.224. The molecule has 10 heteroatoms. The molecular weight excluding hydrogens is 462 g/mol. The molecule has 0 bridgehead atoms. The molecule has 1 aliphatic rings. The number of ether oxygens (including phenoxy) is 1. The monoisotopic (exact) mass is 487 g/mol. The van der Waals surface area contributed by atoms with Gasteiger partial charge in [0, 0.05) is 28.8 Å². The van der Waals surface area contributed by atoms with Crippen molar-refractivity contribution < 1.29 is 9.53 Å². The van der Waals surface area contributed by atoms with Crippen molar-refractivity contribution >= 4 is 29.8 Å². The van der Waals surface area contributed by atoms with Crippen LogP contribution in [0.4, 0.5) is 0 Å². The molecule has 8 nitrogen and oxygen atoms in total. The van der Waals surface area contributed by atoms with Crippen LogP contribution < -0.4 is 15.4 Å². The summed E-state index contributed by atoms with van der Waals surface area (Å²) in [4.78, 5) is 37.1. The molecule has 0 radical (unpaired) electrons. The lowest BCUT2D eigenvalue weighted by Crippen LogP contribution is -2.30. The highest BCUT2D eigenvalue weighted by atomic mass is 35.5. The highest BCUT2D eigenvalue weighted by molar-refractivity contribution is 7.97. The number of hydrogen-bond donors (Lipinski definition) is 2. The number of rotatable bonds is 5. The van der Waals surface area contributed by atoms with Crippen LogP contribution in [0.2, 0.25) is 5.02 Å². The summed E-state index contributed by atoms with van der Waals surface area (Å²) in [6, 6.07) is 8.86. The van der Waals surface area contributed by atoms with Gasteiger partial charge in [0.25, 0.3) is 5.56 Å². The molecule has 0 saturated carbocycles. The van der Waals surface area contributed by atoms with Gasteiger partial charge in [0.05, 0.1) is 18.4 Å². The first-order valence-corrected chi connectivity index (χ1v) is 11.6. The Labute approximate surface area is 201 Å². The number of aldehydes is 1. The zero-order valence-corrected chi connectivity index (χ0v) is 20.0. The molecular formula is C23H26ClN5O3S. The molecule has 3 heterocycles. The van der Waals surface area contributed by atoms with E-state index in [9.17, 15) is 9.59 Å². The van der Waals surface area contributed by atoms with Crippen LogP contribution >= 0.6 is 23.5 Å². The van der Waals surface area contributed by atoms with Gasteiger partial charge >= 0.3 is 0 Å². The van der Waals surface area contributed by atoms with E-state index in [1.807, 2.05) is 12.1 Å². The zero-order valence-electron chi connectivity index (χ0n) is 18.5. The van der Waals surface area contributed by atoms with Crippen molar-refractivity contribution in [2.45, 2.75) is 23.7 Å². The number of halogens is 1. The van der Waals surface area contributed by atoms with Gasteiger partial charge in [0.2, 0.25) is 0 Å². The van der Waals surface area contributed by atoms with Crippen molar-refractivity contribution in [3.8, 4) is 17.1 Å². The third-order valence-electron chi connectivity index (χ3n) is 5.41. The van der Waals surface area contributed by atoms with Crippen LogP contribution in [-0.4, -0.2) is 53.4 Å². The van der Waals surface area contributed by atoms with Crippen LogP contribution in [0, 0.1) is 0 Å². The van der Waals surface area contributed by atoms with E-state index in [0.29, 0.717) is 17.1 Å². The fourth-order valence-electron chi connectivity index (χ4n) is 3.55. The number of carbonyl (C=O) groups is 1. The quantitative estimate of drug-likeness (QED) is 0.413. The number of aromatic nitrogens is 3. The second-order valence-electron chi connectivity index (χ2n) is 7.57. The van der Waals surface area contributed by atoms with E-state index < -0.39 is 0 Å². The fourth-order valence-corrected chi connectivity index (χ4v) is 4.14. The number of H-pyrrole nitrogens is 1. The Hall–Kier alpha value is -2.72. The lowest BCUT2D eigenvalue weighted by molar-refractivity contribution is 0.112. The van der Waals surface area contributed by atoms with E-state index >= 15 is 0 Å². The number of likely N-dealkylation sites (tertiary alicyclic amines) is 1. The molecule has 1 saturated heterocycles. The van der Waals surface area contributed by atoms with Crippen LogP contribution in [0.1, 0.15) is 34.8 Å². The summed E-state index contributed by atoms with van der Waals surface area (Å²) in [6.07, 6.45) is 6.06. The Bertz CT molecular complexity index is 1130. The molecule has 0 unspecified atom stereocenters. The Morgan fingerprint density at radius 3 is 2.55 bits per heavy atom. The summed E-state index contributed by atoms with van der Waals surface area (Å²) < 4.78 is 4.95. The molecule has 2 aromatic heterocycles. The summed E-state index contributed by atoms with van der Waals surface area (Å²) >= 11 is 7.29. The van der Waals surface area contributed by atoms with Crippen molar-refractivity contribution in [3.05, 3.63) is 69.4 Å². The summed E-state index contributed by atoms with van der Waals surface area (Å²) in [7, 11) is 3.63. The number of carbonyl (C=O) groups excluding carboxylic acids is 1. The summed E-state index contributed by atoms with van der Waals surface area (Å²) in [5.41, 5.74) is 1.81. The third kappa shape index (κ3) is 6.42. The first-order valence-electron chi connectivity index (χ1n) is 10.4. The summed E-state index contributed by atoms with van der Waals surface area (Å²) in [5, 5.41) is 5.55. The number of piperidine rings is 1. The normalized spacial score (nSPS) is 14.3. The third-order valence-corrected chi connectivity index (χ3v) is 6.30. The Morgan fingerprint density at radius 1 is 1.24 bits per heavy atom. The van der Waals surface area contributed by atoms with Gasteiger partial charge in [0.15, 0.2) is 6.29 Å². The van der Waals surface area contributed by atoms with Gasteiger partial charge in [-0.25, -0.2) is 4.98 Å². The molecule has 1 aliphatic heterocycles. The van der Waals surface area contributed by atoms with Crippen molar-refractivity contribution in [3.63, 3.8) is 0 Å². The second-order valence-corrected chi connectivity index (χ2v) is 8.65. The molecule has 0 atom stereocenters. The molecule has 0 spiro atoms. The minimum Gasteiger partial charge on any atom is -0.496 e. The second kappa shape index (κ2) is 11.9. The van der Waals surface area contributed by atoms with Gasteiger partial charge in [-0.1, -0.05) is 11.6 Å². The summed E-state index contributed by atoms with van der Waals surface area (Å²) in [6.45, 7) is 2.00. The van der Waals surface area contributed by atoms with Gasteiger partial charge in [-0.15, -0.1) is 0 Å². The van der Waals surface area contributed by atoms with Crippen LogP contribution in [0.3, 0.4) is 0 Å². The molecule has 3 aromatic rings. The van der Waals surface area contributed by atoms with Crippen LogP contribution in [0.5, 0.6) is 5.75 Å². The first-order chi connectivity index (χ1) is 16.0. The zero-order chi connectivity index (χ0) is 23.8. The van der Waals surface area contributed by atoms with Gasteiger partial charge in [-0.2, -0.15) is 0 Å². The highest BCUT2D eigenvalue weighted by Crippen LogP contribution is 2.30. The average molecular weight is 488 g/mol. The fraction of sp³-hybridized carbons (Fsp3) is 0.304. The number of aromatic amines is 1. The molecule has 1 aromatic carbocycles. The van der Waals surface area contributed by atoms with E-state index in [1.54, 1.807) is 30.6 Å². The van der Waals surface area contributed by atoms with E-state index in [1.165, 1.54) is 7.11 Å². The Balaban J connectivity index is 0.000000218. The molecule has 4 rings (SSSR count). The van der Waals surface area contributed by atoms with Gasteiger partial charge in [0.1, 0.15) is 16.6 Å². The molecule has 0 amide bonds. The Morgan fingerprint density at radius 2 is 1.94 bits per heavy atom. The van der Waals surface area contributed by atoms with E-state index in [4.69, 9.17) is 21.5 Å². The number of nitrogens with zero attached hydrogens (tertiary/aromatic N) is 3. The van der Waals surface area contributed by atoms with Gasteiger partial charge in [-0.05, 0) is 75.3 Å². The number of nitrogens with two attached hydrogens (primary N) is 1. The summed E-state index contributed by atoms with van der Waals surface area (Å²) in [5.74, 6) is 1.38. The smallest absolute Gasteiger partial charge is 0.270 e. The van der Waals surface area contributed by atoms with Crippen molar-refractivity contribution in [2.24, 2.45) is 5.14 Å². The lowest BCUT2D eigenvalue weighted by atomic mass is 9.93. The number of hydrogen-bond acceptors (Lipinski definition) is 8. The first kappa shape index (κ1) is 24.9. The number of methoxy groups -OCH3 is 1. The number of nitrogens with one attached hydrogen (secondary N) is 1. The van der Waals surface area contributed by atoms with Crippen LogP contribution in [0.25, 0.3) is 11.4 Å². The minimum atomic E-state index is -0.271. The van der Waals surface area contributed by atoms with Crippen LogP contribution in [-0.2, 0) is 0 Å². The van der Waals surface area contributed by atoms with Gasteiger partial charge in [-0.3, -0.25) is 19.7 Å². The Kier molecular flexibility index (Phi) is 9.02. The molecule has 33 heavy (non-hydrogen) atoms. The predicted octanol–water partition coefficient (Wildman–Crippen LogP) is 3.77. The lowest BCUT2D eigenvalue weighted by Gasteiger charge is -2.28. The van der Waals surface area contributed by atoms with E-state index in [2.05, 4.69) is 26.9 Å². The highest BCUT2D eigenvalue weighted by Gasteiger charge is 2.24. The molecule has 1 fully saturated rings. The van der Waals surface area contributed by atoms with Crippen molar-refractivity contribution in [1.29, 1.82) is 0 Å². The van der Waals surface area contributed by atoms with Gasteiger partial charge < -0.3 is 14.6 Å². The molecule has 0 aliphatic carbocycles. The van der Waals surface area contributed by atoms with Crippen molar-refractivity contribution in [1.82, 2.24) is 19.9 Å². The predicted molar refractivity (Wildman–Crippen MR) is 131 cm³/mol. The molecule has 174 valence electrons. The van der Waals surface area contributed by atoms with E-state index in [0.717, 1.165) is 60.3 Å². The number of benzene rings is 1. The largest absolute Gasteiger partial charge is 0.496 e. The maximum Gasteiger partial charge on any atom is 0.270 e. The van der Waals surface area contributed by atoms with E-state index in [-0.39, 0.29) is 16.5 Å². The standard InChI is InChI=1S/C15H17ClN4O.C8H9NO2S/c1-20-8-4-10(5-9-20)13-12(16)15(21)19-14(18-13)11-2-6-17-7-3-11;1-11-8-3-2-7(12-9)4-6(8)5-10/h2-3,6-7,10H,4-5,8-9H2,1H3,(H,18,19,21);2-5H,9H2,1H3. The van der Waals surface area contributed by atoms with Crippen molar-refractivity contribution in [2.75, 3.05) is 27.2 Å².